The van der Waals surface area contributed by atoms with E-state index in [1.165, 1.54) is 12.8 Å². The van der Waals surface area contributed by atoms with Gasteiger partial charge in [0.2, 0.25) is 0 Å². The van der Waals surface area contributed by atoms with Crippen LogP contribution in [-0.2, 0) is 22.4 Å². The Hall–Kier alpha value is -0.950. The zero-order valence-electron chi connectivity index (χ0n) is 13.1. The summed E-state index contributed by atoms with van der Waals surface area (Å²) >= 11 is 0. The molecule has 3 aliphatic rings. The number of ether oxygens (including phenoxy) is 2. The van der Waals surface area contributed by atoms with Gasteiger partial charge in [0.1, 0.15) is 0 Å². The summed E-state index contributed by atoms with van der Waals surface area (Å²) in [6, 6.07) is 2.11. The molecule has 0 unspecified atom stereocenters. The van der Waals surface area contributed by atoms with Gasteiger partial charge in [-0.3, -0.25) is 4.90 Å². The molecule has 1 aliphatic carbocycles. The second kappa shape index (κ2) is 6.28. The van der Waals surface area contributed by atoms with Crippen LogP contribution < -0.4 is 5.32 Å². The number of rotatable bonds is 7. The first-order valence-electron chi connectivity index (χ1n) is 8.39. The predicted molar refractivity (Wildman–Crippen MR) is 80.6 cm³/mol. The van der Waals surface area contributed by atoms with Crippen molar-refractivity contribution < 1.29 is 14.0 Å². The Morgan fingerprint density at radius 3 is 2.73 bits per heavy atom. The van der Waals surface area contributed by atoms with E-state index in [1.54, 1.807) is 0 Å². The van der Waals surface area contributed by atoms with Crippen LogP contribution in [0.25, 0.3) is 0 Å². The van der Waals surface area contributed by atoms with E-state index in [0.717, 1.165) is 76.4 Å². The quantitative estimate of drug-likeness (QED) is 0.805. The summed E-state index contributed by atoms with van der Waals surface area (Å²) < 4.78 is 16.3. The van der Waals surface area contributed by atoms with Crippen LogP contribution >= 0.6 is 0 Å². The van der Waals surface area contributed by atoms with E-state index >= 15 is 0 Å². The van der Waals surface area contributed by atoms with Crippen molar-refractivity contribution in [3.63, 3.8) is 0 Å². The van der Waals surface area contributed by atoms with Gasteiger partial charge < -0.3 is 19.3 Å². The van der Waals surface area contributed by atoms with Gasteiger partial charge in [-0.2, -0.15) is 0 Å². The number of nitrogens with zero attached hydrogens (tertiary/aromatic N) is 2. The molecule has 122 valence electrons. The molecule has 1 aromatic heterocycles. The topological polar surface area (TPSA) is 59.8 Å². The summed E-state index contributed by atoms with van der Waals surface area (Å²) in [5.74, 6) is 1.83. The van der Waals surface area contributed by atoms with Crippen molar-refractivity contribution in [3.05, 3.63) is 17.5 Å². The smallest absolute Gasteiger partial charge is 0.150 e. The Balaban J connectivity index is 1.32. The summed E-state index contributed by atoms with van der Waals surface area (Å²) in [5.41, 5.74) is 1.12. The van der Waals surface area contributed by atoms with Gasteiger partial charge >= 0.3 is 0 Å². The fourth-order valence-electron chi connectivity index (χ4n) is 3.14. The first-order chi connectivity index (χ1) is 10.8. The molecule has 0 atom stereocenters. The van der Waals surface area contributed by atoms with E-state index in [9.17, 15) is 0 Å². The Morgan fingerprint density at radius 2 is 2.05 bits per heavy atom. The molecule has 2 saturated heterocycles. The van der Waals surface area contributed by atoms with Crippen LogP contribution in [0.2, 0.25) is 0 Å². The highest BCUT2D eigenvalue weighted by Gasteiger charge is 2.40. The first kappa shape index (κ1) is 14.6. The Morgan fingerprint density at radius 1 is 1.23 bits per heavy atom. The third-order valence-electron chi connectivity index (χ3n) is 4.83. The molecular weight excluding hydrogens is 282 g/mol. The SMILES string of the molecule is c1c(CC2(NCC3CC3)COC2)noc1CN1CCOCC1. The molecule has 0 spiro atoms. The van der Waals surface area contributed by atoms with Gasteiger partial charge in [-0.1, -0.05) is 5.16 Å². The van der Waals surface area contributed by atoms with Crippen LogP contribution in [0, 0.1) is 5.92 Å². The lowest BCUT2D eigenvalue weighted by molar-refractivity contribution is -0.0748. The van der Waals surface area contributed by atoms with Crippen molar-refractivity contribution in [2.45, 2.75) is 31.3 Å². The van der Waals surface area contributed by atoms with E-state index in [-0.39, 0.29) is 5.54 Å². The molecule has 1 aromatic rings. The third kappa shape index (κ3) is 3.51. The average Bonchev–Trinajstić information content (AvgIpc) is 3.23. The fourth-order valence-corrected chi connectivity index (χ4v) is 3.14. The summed E-state index contributed by atoms with van der Waals surface area (Å²) in [6.07, 6.45) is 3.64. The first-order valence-corrected chi connectivity index (χ1v) is 8.39. The van der Waals surface area contributed by atoms with Gasteiger partial charge in [-0.15, -0.1) is 0 Å². The van der Waals surface area contributed by atoms with Gasteiger partial charge in [0.05, 0.1) is 44.2 Å². The minimum Gasteiger partial charge on any atom is -0.379 e. The van der Waals surface area contributed by atoms with Gasteiger partial charge in [-0.25, -0.2) is 0 Å². The van der Waals surface area contributed by atoms with Crippen molar-refractivity contribution in [2.75, 3.05) is 46.1 Å². The molecule has 1 saturated carbocycles. The molecule has 0 bridgehead atoms. The maximum atomic E-state index is 5.52. The van der Waals surface area contributed by atoms with Crippen LogP contribution in [0.3, 0.4) is 0 Å². The molecule has 0 amide bonds. The normalized spacial score (nSPS) is 25.1. The van der Waals surface area contributed by atoms with Gasteiger partial charge in [0, 0.05) is 25.6 Å². The van der Waals surface area contributed by atoms with Crippen LogP contribution in [0.4, 0.5) is 0 Å². The highest BCUT2D eigenvalue weighted by atomic mass is 16.5. The third-order valence-corrected chi connectivity index (χ3v) is 4.83. The van der Waals surface area contributed by atoms with Crippen LogP contribution in [0.15, 0.2) is 10.6 Å². The van der Waals surface area contributed by atoms with E-state index in [1.807, 2.05) is 0 Å². The minimum atomic E-state index is 0.0791. The lowest BCUT2D eigenvalue weighted by atomic mass is 9.91. The number of morpholine rings is 1. The van der Waals surface area contributed by atoms with Crippen molar-refractivity contribution in [2.24, 2.45) is 5.92 Å². The van der Waals surface area contributed by atoms with Gasteiger partial charge in [-0.05, 0) is 25.3 Å². The maximum Gasteiger partial charge on any atom is 0.150 e. The molecule has 22 heavy (non-hydrogen) atoms. The zero-order chi connectivity index (χ0) is 14.8. The van der Waals surface area contributed by atoms with Crippen molar-refractivity contribution in [1.82, 2.24) is 15.4 Å². The Bertz CT molecular complexity index is 491. The molecule has 2 aliphatic heterocycles. The molecule has 1 N–H and O–H groups in total. The summed E-state index contributed by atoms with van der Waals surface area (Å²) in [4.78, 5) is 2.35. The molecule has 0 aromatic carbocycles. The molecule has 6 nitrogen and oxygen atoms in total. The van der Waals surface area contributed by atoms with Gasteiger partial charge in [0.15, 0.2) is 5.76 Å². The largest absolute Gasteiger partial charge is 0.379 e. The second-order valence-electron chi connectivity index (χ2n) is 6.95. The molecule has 6 heteroatoms. The summed E-state index contributed by atoms with van der Waals surface area (Å²) in [6.45, 7) is 7.07. The molecule has 4 rings (SSSR count). The lowest BCUT2D eigenvalue weighted by Crippen LogP contribution is -2.62. The summed E-state index contributed by atoms with van der Waals surface area (Å²) in [7, 11) is 0. The van der Waals surface area contributed by atoms with Crippen LogP contribution in [0.5, 0.6) is 0 Å². The van der Waals surface area contributed by atoms with Crippen molar-refractivity contribution in [3.8, 4) is 0 Å². The van der Waals surface area contributed by atoms with E-state index in [4.69, 9.17) is 14.0 Å². The Labute approximate surface area is 131 Å². The number of aromatic nitrogens is 1. The highest BCUT2D eigenvalue weighted by molar-refractivity contribution is 5.12. The molecular formula is C16H25N3O3. The molecule has 0 radical (unpaired) electrons. The second-order valence-corrected chi connectivity index (χ2v) is 6.95. The molecule has 3 heterocycles. The average molecular weight is 307 g/mol. The van der Waals surface area contributed by atoms with Gasteiger partial charge in [0.25, 0.3) is 0 Å². The fraction of sp³-hybridized carbons (Fsp3) is 0.812. The maximum absolute atomic E-state index is 5.52. The van der Waals surface area contributed by atoms with E-state index in [2.05, 4.69) is 21.4 Å². The van der Waals surface area contributed by atoms with Crippen LogP contribution in [-0.4, -0.2) is 61.7 Å². The standard InChI is InChI=1S/C16H25N3O3/c1-2-13(1)9-17-16(11-21-12-16)8-14-7-15(22-18-14)10-19-3-5-20-6-4-19/h7,13,17H,1-6,8-12H2. The highest BCUT2D eigenvalue weighted by Crippen LogP contribution is 2.30. The predicted octanol–water partition coefficient (Wildman–Crippen LogP) is 0.818. The van der Waals surface area contributed by atoms with Crippen molar-refractivity contribution in [1.29, 1.82) is 0 Å². The molecule has 3 fully saturated rings. The summed E-state index contributed by atoms with van der Waals surface area (Å²) in [5, 5.41) is 7.96. The van der Waals surface area contributed by atoms with E-state index in [0.29, 0.717) is 0 Å². The van der Waals surface area contributed by atoms with Crippen molar-refractivity contribution >= 4 is 0 Å². The number of hydrogen-bond donors (Lipinski definition) is 1. The number of nitrogens with one attached hydrogen (secondary N) is 1. The number of hydrogen-bond acceptors (Lipinski definition) is 6. The minimum absolute atomic E-state index is 0.0791. The van der Waals surface area contributed by atoms with Crippen LogP contribution in [0.1, 0.15) is 24.3 Å². The zero-order valence-corrected chi connectivity index (χ0v) is 13.1. The van der Waals surface area contributed by atoms with E-state index < -0.39 is 0 Å². The lowest BCUT2D eigenvalue weighted by Gasteiger charge is -2.42. The Kier molecular flexibility index (Phi) is 4.17. The monoisotopic (exact) mass is 307 g/mol.